The standard InChI is InChI=1S/C52H82O10/c1-2-3-4-5-6-7-8-9-10-11-12-13-23-30-53-31-32-54-33-34-55-35-36-56-37-38-57-39-40-58-41-42-59-43-44-60-45-46-61-47-48-62-52(49-24-17-14-18-25-49,50-26-19-15-20-27-50)51-28-21-16-22-29-51/h14-22,24-29H,2-13,23,30-48H2,1H3. The molecule has 0 N–H and O–H groups in total. The van der Waals surface area contributed by atoms with Crippen LogP contribution in [0.5, 0.6) is 0 Å². The van der Waals surface area contributed by atoms with Gasteiger partial charge >= 0.3 is 0 Å². The Morgan fingerprint density at radius 3 is 0.758 bits per heavy atom. The molecule has 0 aromatic heterocycles. The van der Waals surface area contributed by atoms with Crippen LogP contribution in [-0.2, 0) is 53.0 Å². The summed E-state index contributed by atoms with van der Waals surface area (Å²) in [5.74, 6) is 0. The normalized spacial score (nSPS) is 11.8. The lowest BCUT2D eigenvalue weighted by atomic mass is 9.80. The van der Waals surface area contributed by atoms with Crippen molar-refractivity contribution in [3.05, 3.63) is 108 Å². The van der Waals surface area contributed by atoms with Crippen molar-refractivity contribution < 1.29 is 47.4 Å². The van der Waals surface area contributed by atoms with Gasteiger partial charge < -0.3 is 47.4 Å². The minimum absolute atomic E-state index is 0.420. The first kappa shape index (κ1) is 53.6. The Hall–Kier alpha value is -2.74. The number of rotatable bonds is 45. The van der Waals surface area contributed by atoms with Crippen LogP contribution >= 0.6 is 0 Å². The molecule has 10 heteroatoms. The number of unbranched alkanes of at least 4 members (excludes halogenated alkanes) is 12. The molecule has 0 atom stereocenters. The van der Waals surface area contributed by atoms with E-state index < -0.39 is 5.60 Å². The fourth-order valence-electron chi connectivity index (χ4n) is 7.11. The van der Waals surface area contributed by atoms with Gasteiger partial charge in [-0.15, -0.1) is 0 Å². The van der Waals surface area contributed by atoms with Gasteiger partial charge in [0.05, 0.1) is 119 Å². The van der Waals surface area contributed by atoms with Gasteiger partial charge in [-0.3, -0.25) is 0 Å². The Labute approximate surface area is 375 Å². The van der Waals surface area contributed by atoms with Crippen molar-refractivity contribution in [2.24, 2.45) is 0 Å². The fourth-order valence-corrected chi connectivity index (χ4v) is 7.11. The molecule has 0 aliphatic carbocycles. The molecule has 0 radical (unpaired) electrons. The third-order valence-electron chi connectivity index (χ3n) is 10.5. The second-order valence-corrected chi connectivity index (χ2v) is 15.4. The maximum atomic E-state index is 6.74. The molecule has 350 valence electrons. The molecule has 3 rings (SSSR count). The number of hydrogen-bond donors (Lipinski definition) is 0. The average molecular weight is 867 g/mol. The molecule has 3 aromatic rings. The van der Waals surface area contributed by atoms with Crippen LogP contribution in [0.1, 0.15) is 107 Å². The highest BCUT2D eigenvalue weighted by Gasteiger charge is 2.37. The molecular formula is C52H82O10. The van der Waals surface area contributed by atoms with Crippen LogP contribution in [0.15, 0.2) is 91.0 Å². The van der Waals surface area contributed by atoms with Gasteiger partial charge in [0.25, 0.3) is 0 Å². The van der Waals surface area contributed by atoms with Crippen LogP contribution in [0.3, 0.4) is 0 Å². The van der Waals surface area contributed by atoms with Crippen molar-refractivity contribution in [1.29, 1.82) is 0 Å². The van der Waals surface area contributed by atoms with E-state index in [-0.39, 0.29) is 0 Å². The summed E-state index contributed by atoms with van der Waals surface area (Å²) in [6, 6.07) is 31.1. The van der Waals surface area contributed by atoms with Crippen LogP contribution < -0.4 is 0 Å². The van der Waals surface area contributed by atoms with Crippen LogP contribution in [0.4, 0.5) is 0 Å². The molecule has 0 saturated carbocycles. The summed E-state index contributed by atoms with van der Waals surface area (Å²) < 4.78 is 57.5. The predicted molar refractivity (Wildman–Crippen MR) is 248 cm³/mol. The minimum Gasteiger partial charge on any atom is -0.379 e. The second-order valence-electron chi connectivity index (χ2n) is 15.4. The Morgan fingerprint density at radius 2 is 0.484 bits per heavy atom. The van der Waals surface area contributed by atoms with Gasteiger partial charge in [-0.2, -0.15) is 0 Å². The molecule has 0 fully saturated rings. The van der Waals surface area contributed by atoms with Gasteiger partial charge in [0.2, 0.25) is 0 Å². The molecule has 0 aliphatic rings. The number of benzene rings is 3. The molecule has 10 nitrogen and oxygen atoms in total. The average Bonchev–Trinajstić information content (AvgIpc) is 3.31. The van der Waals surface area contributed by atoms with Crippen LogP contribution in [-0.4, -0.2) is 126 Å². The van der Waals surface area contributed by atoms with Gasteiger partial charge in [-0.1, -0.05) is 175 Å². The molecule has 0 bridgehead atoms. The van der Waals surface area contributed by atoms with Gasteiger partial charge in [0.15, 0.2) is 0 Å². The Balaban J connectivity index is 0.995. The Bertz CT molecular complexity index is 1250. The summed E-state index contributed by atoms with van der Waals surface area (Å²) in [7, 11) is 0. The highest BCUT2D eigenvalue weighted by atomic mass is 16.6. The molecule has 0 amide bonds. The first-order valence-corrected chi connectivity index (χ1v) is 23.9. The predicted octanol–water partition coefficient (Wildman–Crippen LogP) is 10.2. The summed E-state index contributed by atoms with van der Waals surface area (Å²) in [6.07, 6.45) is 17.8. The van der Waals surface area contributed by atoms with E-state index in [0.29, 0.717) is 119 Å². The van der Waals surface area contributed by atoms with Gasteiger partial charge in [-0.25, -0.2) is 0 Å². The van der Waals surface area contributed by atoms with E-state index in [1.54, 1.807) is 0 Å². The minimum atomic E-state index is -0.749. The van der Waals surface area contributed by atoms with Crippen LogP contribution in [0, 0.1) is 0 Å². The molecule has 0 heterocycles. The third kappa shape index (κ3) is 26.1. The quantitative estimate of drug-likeness (QED) is 0.0404. The summed E-state index contributed by atoms with van der Waals surface area (Å²) in [5.41, 5.74) is 2.47. The monoisotopic (exact) mass is 867 g/mol. The zero-order valence-corrected chi connectivity index (χ0v) is 38.4. The Morgan fingerprint density at radius 1 is 0.258 bits per heavy atom. The lowest BCUT2D eigenvalue weighted by Gasteiger charge is -2.36. The number of hydrogen-bond acceptors (Lipinski definition) is 10. The summed E-state index contributed by atoms with van der Waals surface area (Å²) in [5, 5.41) is 0. The van der Waals surface area contributed by atoms with E-state index in [1.807, 2.05) is 54.6 Å². The van der Waals surface area contributed by atoms with E-state index in [1.165, 1.54) is 77.0 Å². The topological polar surface area (TPSA) is 92.3 Å². The van der Waals surface area contributed by atoms with Crippen molar-refractivity contribution in [2.45, 2.75) is 96.0 Å². The Kier molecular flexibility index (Phi) is 34.4. The van der Waals surface area contributed by atoms with E-state index in [4.69, 9.17) is 47.4 Å². The zero-order valence-electron chi connectivity index (χ0n) is 38.4. The molecule has 3 aromatic carbocycles. The fraction of sp³-hybridized carbons (Fsp3) is 0.654. The van der Waals surface area contributed by atoms with E-state index in [0.717, 1.165) is 29.7 Å². The van der Waals surface area contributed by atoms with Crippen molar-refractivity contribution in [1.82, 2.24) is 0 Å². The maximum Gasteiger partial charge on any atom is 0.143 e. The molecule has 0 saturated heterocycles. The first-order valence-electron chi connectivity index (χ1n) is 23.9. The van der Waals surface area contributed by atoms with E-state index in [2.05, 4.69) is 43.3 Å². The van der Waals surface area contributed by atoms with Crippen molar-refractivity contribution in [3.8, 4) is 0 Å². The second kappa shape index (κ2) is 39.8. The van der Waals surface area contributed by atoms with Crippen molar-refractivity contribution >= 4 is 0 Å². The van der Waals surface area contributed by atoms with Gasteiger partial charge in [-0.05, 0) is 23.1 Å². The highest BCUT2D eigenvalue weighted by molar-refractivity contribution is 5.47. The highest BCUT2D eigenvalue weighted by Crippen LogP contribution is 2.40. The van der Waals surface area contributed by atoms with E-state index >= 15 is 0 Å². The third-order valence-corrected chi connectivity index (χ3v) is 10.5. The summed E-state index contributed by atoms with van der Waals surface area (Å²) >= 11 is 0. The van der Waals surface area contributed by atoms with Crippen LogP contribution in [0.2, 0.25) is 0 Å². The van der Waals surface area contributed by atoms with Crippen molar-refractivity contribution in [3.63, 3.8) is 0 Å². The first-order chi connectivity index (χ1) is 30.9. The summed E-state index contributed by atoms with van der Waals surface area (Å²) in [4.78, 5) is 0. The molecular weight excluding hydrogens is 785 g/mol. The lowest BCUT2D eigenvalue weighted by Crippen LogP contribution is -2.34. The molecule has 0 spiro atoms. The molecule has 62 heavy (non-hydrogen) atoms. The smallest absolute Gasteiger partial charge is 0.143 e. The molecule has 0 aliphatic heterocycles. The van der Waals surface area contributed by atoms with Crippen molar-refractivity contribution in [2.75, 3.05) is 126 Å². The summed E-state index contributed by atoms with van der Waals surface area (Å²) in [6.45, 7) is 12.5. The van der Waals surface area contributed by atoms with Crippen LogP contribution in [0.25, 0.3) is 0 Å². The zero-order chi connectivity index (χ0) is 43.5. The number of ether oxygens (including phenoxy) is 10. The maximum absolute atomic E-state index is 6.74. The molecule has 0 unspecified atom stereocenters. The van der Waals surface area contributed by atoms with E-state index in [9.17, 15) is 0 Å². The van der Waals surface area contributed by atoms with Gasteiger partial charge in [0, 0.05) is 6.61 Å². The lowest BCUT2D eigenvalue weighted by molar-refractivity contribution is -0.0399. The van der Waals surface area contributed by atoms with Gasteiger partial charge in [0.1, 0.15) is 5.60 Å². The largest absolute Gasteiger partial charge is 0.379 e. The SMILES string of the molecule is CCCCCCCCCCCCCCCOCCOCCOCCOCCOCCOCCOCCOCCOCCOC(c1ccccc1)(c1ccccc1)c1ccccc1.